The number of benzene rings is 5. The highest BCUT2D eigenvalue weighted by atomic mass is 28.4. The summed E-state index contributed by atoms with van der Waals surface area (Å²) in [5, 5.41) is 15.8. The maximum atomic E-state index is 15.2. The monoisotopic (exact) mass is 796 g/mol. The van der Waals surface area contributed by atoms with Crippen LogP contribution < -0.4 is 15.5 Å². The van der Waals surface area contributed by atoms with Crippen molar-refractivity contribution in [2.24, 2.45) is 5.92 Å². The van der Waals surface area contributed by atoms with Gasteiger partial charge in [-0.05, 0) is 78.8 Å². The number of hydrogen-bond acceptors (Lipinski definition) is 7. The fourth-order valence-electron chi connectivity index (χ4n) is 8.55. The number of aliphatic hydroxyl groups excluding tert-OH is 1. The number of nitrogens with zero attached hydrogens (tertiary/aromatic N) is 2. The summed E-state index contributed by atoms with van der Waals surface area (Å²) in [7, 11) is -3.15. The van der Waals surface area contributed by atoms with Gasteiger partial charge >= 0.3 is 0 Å². The summed E-state index contributed by atoms with van der Waals surface area (Å²) in [6.45, 7) is 5.78. The first kappa shape index (κ1) is 40.3. The van der Waals surface area contributed by atoms with Crippen LogP contribution in [0.1, 0.15) is 50.8 Å². The van der Waals surface area contributed by atoms with Crippen LogP contribution in [0.5, 0.6) is 0 Å². The third kappa shape index (κ3) is 8.23. The molecule has 4 amide bonds. The lowest BCUT2D eigenvalue weighted by molar-refractivity contribution is -0.150. The Balaban J connectivity index is 1.24. The van der Waals surface area contributed by atoms with E-state index in [4.69, 9.17) is 4.74 Å². The van der Waals surface area contributed by atoms with Crippen molar-refractivity contribution in [3.63, 3.8) is 0 Å². The van der Waals surface area contributed by atoms with Crippen LogP contribution in [-0.4, -0.2) is 66.0 Å². The molecule has 0 aromatic heterocycles. The van der Waals surface area contributed by atoms with E-state index in [1.54, 1.807) is 95.7 Å². The summed E-state index contributed by atoms with van der Waals surface area (Å²) >= 11 is 0. The highest BCUT2D eigenvalue weighted by molar-refractivity contribution is 6.71. The van der Waals surface area contributed by atoms with Gasteiger partial charge in [0.05, 0.1) is 31.4 Å². The SMILES string of the molecule is C[C@@H]1[C@@H]([Si](C)(C)O)[C@H](CC(=O)N(CCO)Cc2ccccc2)O[C@@]12C(=O)N(Cc1cccc(NC(=O)c3ccccc3)c1)c1ccc(NC(=O)c3ccccc3)cc12. The lowest BCUT2D eigenvalue weighted by Crippen LogP contribution is -2.46. The predicted octanol–water partition coefficient (Wildman–Crippen LogP) is 6.95. The second-order valence-electron chi connectivity index (χ2n) is 15.6. The molecule has 2 aliphatic heterocycles. The van der Waals surface area contributed by atoms with E-state index >= 15 is 4.79 Å². The van der Waals surface area contributed by atoms with Crippen molar-refractivity contribution in [2.75, 3.05) is 28.7 Å². The van der Waals surface area contributed by atoms with Gasteiger partial charge in [-0.25, -0.2) is 0 Å². The van der Waals surface area contributed by atoms with Gasteiger partial charge in [0.2, 0.25) is 5.91 Å². The molecule has 1 fully saturated rings. The smallest absolute Gasteiger partial charge is 0.264 e. The van der Waals surface area contributed by atoms with Gasteiger partial charge in [0.1, 0.15) is 0 Å². The highest BCUT2D eigenvalue weighted by Gasteiger charge is 2.66. The summed E-state index contributed by atoms with van der Waals surface area (Å²) in [6.07, 6.45) is -0.946. The van der Waals surface area contributed by atoms with Crippen LogP contribution in [-0.2, 0) is 33.0 Å². The highest BCUT2D eigenvalue weighted by Crippen LogP contribution is 2.60. The van der Waals surface area contributed by atoms with Gasteiger partial charge < -0.3 is 35.1 Å². The summed E-state index contributed by atoms with van der Waals surface area (Å²) in [5.74, 6) is -1.78. The molecular weight excluding hydrogens is 749 g/mol. The van der Waals surface area contributed by atoms with Gasteiger partial charge in [-0.3, -0.25) is 19.2 Å². The van der Waals surface area contributed by atoms with Crippen LogP contribution in [0.4, 0.5) is 17.1 Å². The van der Waals surface area contributed by atoms with Crippen LogP contribution >= 0.6 is 0 Å². The fraction of sp³-hybridized carbons (Fsp3) is 0.261. The number of carbonyl (C=O) groups excluding carboxylic acids is 4. The molecule has 0 bridgehead atoms. The van der Waals surface area contributed by atoms with Gasteiger partial charge in [0, 0.05) is 52.6 Å². The second kappa shape index (κ2) is 16.9. The fourth-order valence-corrected chi connectivity index (χ4v) is 11.1. The van der Waals surface area contributed by atoms with E-state index in [0.717, 1.165) is 11.1 Å². The Morgan fingerprint density at radius 2 is 1.34 bits per heavy atom. The molecule has 11 nitrogen and oxygen atoms in total. The molecule has 0 radical (unpaired) electrons. The van der Waals surface area contributed by atoms with Crippen LogP contribution in [0.3, 0.4) is 0 Å². The molecule has 4 N–H and O–H groups in total. The van der Waals surface area contributed by atoms with Crippen molar-refractivity contribution < 1.29 is 33.8 Å². The molecule has 5 aromatic rings. The maximum Gasteiger partial charge on any atom is 0.264 e. The minimum Gasteiger partial charge on any atom is -0.432 e. The van der Waals surface area contributed by atoms with E-state index in [2.05, 4.69) is 10.6 Å². The van der Waals surface area contributed by atoms with Gasteiger partial charge in [-0.2, -0.15) is 0 Å². The second-order valence-corrected chi connectivity index (χ2v) is 19.5. The number of fused-ring (bicyclic) bond motifs is 2. The van der Waals surface area contributed by atoms with E-state index in [0.29, 0.717) is 33.8 Å². The maximum absolute atomic E-state index is 15.2. The van der Waals surface area contributed by atoms with Gasteiger partial charge in [-0.1, -0.05) is 85.8 Å². The molecule has 1 spiro atoms. The van der Waals surface area contributed by atoms with Gasteiger partial charge in [0.25, 0.3) is 17.7 Å². The quantitative estimate of drug-likeness (QED) is 0.0944. The van der Waals surface area contributed by atoms with E-state index in [1.165, 1.54) is 0 Å². The van der Waals surface area contributed by atoms with Crippen molar-refractivity contribution >= 4 is 49.0 Å². The average Bonchev–Trinajstić information content (AvgIpc) is 3.64. The van der Waals surface area contributed by atoms with E-state index < -0.39 is 31.5 Å². The van der Waals surface area contributed by atoms with Crippen LogP contribution in [0.15, 0.2) is 133 Å². The minimum absolute atomic E-state index is 0.108. The number of rotatable bonds is 13. The number of ether oxygens (including phenoxy) is 1. The Bertz CT molecular complexity index is 2290. The van der Waals surface area contributed by atoms with Crippen molar-refractivity contribution in [3.05, 3.63) is 161 Å². The lowest BCUT2D eigenvalue weighted by atomic mass is 9.82. The summed E-state index contributed by atoms with van der Waals surface area (Å²) < 4.78 is 6.99. The molecule has 58 heavy (non-hydrogen) atoms. The zero-order chi connectivity index (χ0) is 41.0. The van der Waals surface area contributed by atoms with E-state index in [1.807, 2.05) is 67.6 Å². The molecule has 0 aliphatic carbocycles. The molecule has 2 aliphatic rings. The number of amides is 4. The van der Waals surface area contributed by atoms with Crippen molar-refractivity contribution in [1.29, 1.82) is 0 Å². The third-order valence-electron chi connectivity index (χ3n) is 11.2. The molecule has 0 saturated carbocycles. The average molecular weight is 797 g/mol. The van der Waals surface area contributed by atoms with Crippen molar-refractivity contribution in [2.45, 2.75) is 56.8 Å². The number of carbonyl (C=O) groups is 4. The Hall–Kier alpha value is -5.92. The molecule has 0 unspecified atom stereocenters. The molecule has 298 valence electrons. The largest absolute Gasteiger partial charge is 0.432 e. The van der Waals surface area contributed by atoms with Crippen molar-refractivity contribution in [3.8, 4) is 0 Å². The normalized spacial score (nSPS) is 19.8. The Morgan fingerprint density at radius 1 is 0.776 bits per heavy atom. The number of nitrogens with one attached hydrogen (secondary N) is 2. The van der Waals surface area contributed by atoms with Gasteiger partial charge in [0.15, 0.2) is 13.9 Å². The lowest BCUT2D eigenvalue weighted by Gasteiger charge is -2.32. The Morgan fingerprint density at radius 3 is 1.93 bits per heavy atom. The molecule has 12 heteroatoms. The van der Waals surface area contributed by atoms with Crippen molar-refractivity contribution in [1.82, 2.24) is 4.90 Å². The number of aliphatic hydroxyl groups is 1. The molecular formula is C46H48N4O7Si. The van der Waals surface area contributed by atoms with Gasteiger partial charge in [-0.15, -0.1) is 0 Å². The van der Waals surface area contributed by atoms with Crippen LogP contribution in [0.25, 0.3) is 0 Å². The molecule has 2 heterocycles. The molecule has 1 saturated heterocycles. The first-order valence-corrected chi connectivity index (χ1v) is 22.5. The number of anilines is 3. The summed E-state index contributed by atoms with van der Waals surface area (Å²) in [6, 6.07) is 39.8. The minimum atomic E-state index is -3.15. The van der Waals surface area contributed by atoms with Crippen LogP contribution in [0, 0.1) is 5.92 Å². The standard InChI is InChI=1S/C46H48N4O7Si/c1-31-42(58(2,3)56)40(28-41(52)49(24-25-51)29-32-14-7-4-8-15-32)57-46(31)38-27-37(48-44(54)35-19-11-6-12-20-35)22-23-39(38)50(45(46)55)30-33-16-13-21-36(26-33)47-43(53)34-17-9-5-10-18-34/h4-23,26-27,31,40,42,51,56H,24-25,28-30H2,1-3H3,(H,47,53)(H,48,54)/t31-,40+,42-,46+/m1/s1. The zero-order valence-electron chi connectivity index (χ0n) is 32.8. The summed E-state index contributed by atoms with van der Waals surface area (Å²) in [4.78, 5) is 70.8. The first-order valence-electron chi connectivity index (χ1n) is 19.5. The predicted molar refractivity (Wildman–Crippen MR) is 226 cm³/mol. The number of hydrogen-bond donors (Lipinski definition) is 4. The summed E-state index contributed by atoms with van der Waals surface area (Å²) in [5.41, 5.74) is 2.60. The molecule has 7 rings (SSSR count). The topological polar surface area (TPSA) is 149 Å². The molecule has 4 atom stereocenters. The molecule has 5 aromatic carbocycles. The zero-order valence-corrected chi connectivity index (χ0v) is 33.8. The third-order valence-corrected chi connectivity index (χ3v) is 13.7. The first-order chi connectivity index (χ1) is 27.9. The van der Waals surface area contributed by atoms with E-state index in [9.17, 15) is 24.3 Å². The van der Waals surface area contributed by atoms with E-state index in [-0.39, 0.29) is 56.3 Å². The van der Waals surface area contributed by atoms with Crippen LogP contribution in [0.2, 0.25) is 18.6 Å². The Kier molecular flexibility index (Phi) is 11.7. The Labute approximate surface area is 339 Å².